The Kier molecular flexibility index (Phi) is 6.26. The molecule has 4 heteroatoms. The fourth-order valence-corrected chi connectivity index (χ4v) is 3.39. The molecular formula is C21H32N2O2. The minimum Gasteiger partial charge on any atom is -0.339 e. The molecule has 0 saturated carbocycles. The number of piperidine rings is 1. The first kappa shape index (κ1) is 19.5. The molecule has 1 aromatic carbocycles. The molecule has 1 heterocycles. The first-order valence-corrected chi connectivity index (χ1v) is 9.49. The molecule has 0 radical (unpaired) electrons. The molecule has 0 bridgehead atoms. The van der Waals surface area contributed by atoms with E-state index in [-0.39, 0.29) is 17.9 Å². The molecule has 1 N–H and O–H groups in total. The van der Waals surface area contributed by atoms with Crippen LogP contribution in [-0.4, -0.2) is 29.3 Å². The summed E-state index contributed by atoms with van der Waals surface area (Å²) < 4.78 is 0. The van der Waals surface area contributed by atoms with Crippen molar-refractivity contribution in [2.45, 2.75) is 72.3 Å². The molecule has 1 aromatic rings. The molecule has 1 saturated heterocycles. The van der Waals surface area contributed by atoms with Crippen LogP contribution >= 0.6 is 0 Å². The van der Waals surface area contributed by atoms with E-state index >= 15 is 0 Å². The molecule has 1 atom stereocenters. The van der Waals surface area contributed by atoms with Gasteiger partial charge in [0.15, 0.2) is 0 Å². The predicted octanol–water partition coefficient (Wildman–Crippen LogP) is 4.57. The summed E-state index contributed by atoms with van der Waals surface area (Å²) in [6.07, 6.45) is 4.17. The van der Waals surface area contributed by atoms with Crippen molar-refractivity contribution in [1.82, 2.24) is 4.90 Å². The van der Waals surface area contributed by atoms with Gasteiger partial charge < -0.3 is 10.2 Å². The van der Waals surface area contributed by atoms with Crippen molar-refractivity contribution in [2.24, 2.45) is 5.41 Å². The normalized spacial score (nSPS) is 18.3. The number of nitrogens with one attached hydrogen (secondary N) is 1. The highest BCUT2D eigenvalue weighted by Gasteiger charge is 2.41. The second-order valence-electron chi connectivity index (χ2n) is 7.91. The second-order valence-corrected chi connectivity index (χ2v) is 7.91. The van der Waals surface area contributed by atoms with Gasteiger partial charge in [-0.25, -0.2) is 0 Å². The van der Waals surface area contributed by atoms with Crippen LogP contribution < -0.4 is 5.32 Å². The van der Waals surface area contributed by atoms with Crippen molar-refractivity contribution < 1.29 is 9.59 Å². The molecule has 1 unspecified atom stereocenters. The highest BCUT2D eigenvalue weighted by Crippen LogP contribution is 2.28. The number of anilines is 1. The number of carbonyl (C=O) groups is 2. The van der Waals surface area contributed by atoms with Crippen LogP contribution in [0.3, 0.4) is 0 Å². The summed E-state index contributed by atoms with van der Waals surface area (Å²) >= 11 is 0. The first-order chi connectivity index (χ1) is 11.8. The third-order valence-electron chi connectivity index (χ3n) is 5.30. The van der Waals surface area contributed by atoms with Crippen molar-refractivity contribution >= 4 is 17.5 Å². The molecule has 0 aromatic heterocycles. The maximum Gasteiger partial charge on any atom is 0.239 e. The van der Waals surface area contributed by atoms with E-state index in [1.54, 1.807) is 13.8 Å². The number of rotatable bonds is 5. The van der Waals surface area contributed by atoms with E-state index in [0.717, 1.165) is 37.9 Å². The lowest BCUT2D eigenvalue weighted by Crippen LogP contribution is -2.52. The van der Waals surface area contributed by atoms with Gasteiger partial charge in [0.2, 0.25) is 11.8 Å². The number of amides is 2. The lowest BCUT2D eigenvalue weighted by molar-refractivity contribution is -0.149. The van der Waals surface area contributed by atoms with Gasteiger partial charge in [0, 0.05) is 18.3 Å². The Balaban J connectivity index is 2.09. The summed E-state index contributed by atoms with van der Waals surface area (Å²) in [4.78, 5) is 27.7. The average Bonchev–Trinajstić information content (AvgIpc) is 2.61. The van der Waals surface area contributed by atoms with E-state index in [0.29, 0.717) is 5.92 Å². The molecule has 2 amide bonds. The standard InChI is InChI=1S/C21H32N2O2/c1-6-18-9-7-8-14-23(18)20(25)21(4,5)19(24)22-17-12-10-16(11-13-17)15(2)3/h10-13,15,18H,6-9,14H2,1-5H3,(H,22,24). The van der Waals surface area contributed by atoms with Crippen molar-refractivity contribution in [1.29, 1.82) is 0 Å². The van der Waals surface area contributed by atoms with Crippen LogP contribution in [0.4, 0.5) is 5.69 Å². The minimum atomic E-state index is -1.07. The van der Waals surface area contributed by atoms with Crippen molar-refractivity contribution in [2.75, 3.05) is 11.9 Å². The topological polar surface area (TPSA) is 49.4 Å². The quantitative estimate of drug-likeness (QED) is 0.796. The summed E-state index contributed by atoms with van der Waals surface area (Å²) in [5.74, 6) is 0.151. The molecule has 25 heavy (non-hydrogen) atoms. The van der Waals surface area contributed by atoms with Gasteiger partial charge in [-0.3, -0.25) is 9.59 Å². The Labute approximate surface area is 152 Å². The zero-order valence-electron chi connectivity index (χ0n) is 16.3. The van der Waals surface area contributed by atoms with Crippen LogP contribution in [0.25, 0.3) is 0 Å². The molecule has 1 fully saturated rings. The van der Waals surface area contributed by atoms with Crippen LogP contribution in [0, 0.1) is 5.41 Å². The van der Waals surface area contributed by atoms with E-state index < -0.39 is 5.41 Å². The van der Waals surface area contributed by atoms with E-state index in [1.165, 1.54) is 5.56 Å². The largest absolute Gasteiger partial charge is 0.339 e. The Morgan fingerprint density at radius 2 is 1.84 bits per heavy atom. The van der Waals surface area contributed by atoms with Crippen molar-refractivity contribution in [3.63, 3.8) is 0 Å². The molecule has 138 valence electrons. The first-order valence-electron chi connectivity index (χ1n) is 9.49. The van der Waals surface area contributed by atoms with Gasteiger partial charge in [0.05, 0.1) is 0 Å². The maximum atomic E-state index is 13.0. The summed E-state index contributed by atoms with van der Waals surface area (Å²) in [6, 6.07) is 8.12. The lowest BCUT2D eigenvalue weighted by atomic mass is 9.87. The average molecular weight is 344 g/mol. The van der Waals surface area contributed by atoms with Gasteiger partial charge in [-0.05, 0) is 63.1 Å². The van der Waals surface area contributed by atoms with Crippen molar-refractivity contribution in [3.8, 4) is 0 Å². The van der Waals surface area contributed by atoms with Gasteiger partial charge in [-0.1, -0.05) is 32.9 Å². The van der Waals surface area contributed by atoms with Gasteiger partial charge in [0.1, 0.15) is 5.41 Å². The molecule has 4 nitrogen and oxygen atoms in total. The third kappa shape index (κ3) is 4.42. The molecule has 1 aliphatic heterocycles. The van der Waals surface area contributed by atoms with E-state index in [2.05, 4.69) is 26.1 Å². The number of benzene rings is 1. The zero-order valence-corrected chi connectivity index (χ0v) is 16.3. The molecule has 0 spiro atoms. The van der Waals surface area contributed by atoms with E-state index in [4.69, 9.17) is 0 Å². The number of hydrogen-bond donors (Lipinski definition) is 1. The van der Waals surface area contributed by atoms with Crippen LogP contribution in [0.2, 0.25) is 0 Å². The number of nitrogens with zero attached hydrogens (tertiary/aromatic N) is 1. The highest BCUT2D eigenvalue weighted by atomic mass is 16.2. The summed E-state index contributed by atoms with van der Waals surface area (Å²) in [5, 5.41) is 2.91. The predicted molar refractivity (Wildman–Crippen MR) is 103 cm³/mol. The second kappa shape index (κ2) is 8.03. The number of carbonyl (C=O) groups excluding carboxylic acids is 2. The molecule has 2 rings (SSSR count). The molecule has 1 aliphatic rings. The van der Waals surface area contributed by atoms with Crippen LogP contribution in [-0.2, 0) is 9.59 Å². The van der Waals surface area contributed by atoms with Crippen LogP contribution in [0.15, 0.2) is 24.3 Å². The Morgan fingerprint density at radius 1 is 1.20 bits per heavy atom. The van der Waals surface area contributed by atoms with Gasteiger partial charge in [0.25, 0.3) is 0 Å². The van der Waals surface area contributed by atoms with E-state index in [9.17, 15) is 9.59 Å². The fourth-order valence-electron chi connectivity index (χ4n) is 3.39. The van der Waals surface area contributed by atoms with E-state index in [1.807, 2.05) is 29.2 Å². The van der Waals surface area contributed by atoms with Crippen LogP contribution in [0.5, 0.6) is 0 Å². The fraction of sp³-hybridized carbons (Fsp3) is 0.619. The molecule has 0 aliphatic carbocycles. The Bertz CT molecular complexity index is 605. The Hall–Kier alpha value is -1.84. The van der Waals surface area contributed by atoms with Gasteiger partial charge in [-0.2, -0.15) is 0 Å². The van der Waals surface area contributed by atoms with Crippen LogP contribution in [0.1, 0.15) is 71.8 Å². The van der Waals surface area contributed by atoms with Gasteiger partial charge >= 0.3 is 0 Å². The lowest BCUT2D eigenvalue weighted by Gasteiger charge is -2.39. The Morgan fingerprint density at radius 3 is 2.40 bits per heavy atom. The number of likely N-dealkylation sites (tertiary alicyclic amines) is 1. The third-order valence-corrected chi connectivity index (χ3v) is 5.30. The summed E-state index contributed by atoms with van der Waals surface area (Å²) in [7, 11) is 0. The van der Waals surface area contributed by atoms with Gasteiger partial charge in [-0.15, -0.1) is 0 Å². The monoisotopic (exact) mass is 344 g/mol. The van der Waals surface area contributed by atoms with Crippen molar-refractivity contribution in [3.05, 3.63) is 29.8 Å². The number of hydrogen-bond acceptors (Lipinski definition) is 2. The zero-order chi connectivity index (χ0) is 18.6. The minimum absolute atomic E-state index is 0.0599. The highest BCUT2D eigenvalue weighted by molar-refractivity contribution is 6.09. The summed E-state index contributed by atoms with van der Waals surface area (Å²) in [6.45, 7) is 10.6. The maximum absolute atomic E-state index is 13.0. The summed E-state index contributed by atoms with van der Waals surface area (Å²) in [5.41, 5.74) is 0.898. The SMILES string of the molecule is CCC1CCCCN1C(=O)C(C)(C)C(=O)Nc1ccc(C(C)C)cc1. The smallest absolute Gasteiger partial charge is 0.239 e. The molecular weight excluding hydrogens is 312 g/mol.